The fourth-order valence-corrected chi connectivity index (χ4v) is 4.23. The van der Waals surface area contributed by atoms with Crippen molar-refractivity contribution in [3.05, 3.63) is 0 Å². The highest BCUT2D eigenvalue weighted by molar-refractivity contribution is 5.89. The molecule has 1 aliphatic carbocycles. The Morgan fingerprint density at radius 1 is 1.04 bits per heavy atom. The van der Waals surface area contributed by atoms with Gasteiger partial charge in [-0.05, 0) is 25.7 Å². The zero-order valence-corrected chi connectivity index (χ0v) is 13.8. The lowest BCUT2D eigenvalue weighted by Crippen LogP contribution is -2.44. The van der Waals surface area contributed by atoms with Crippen molar-refractivity contribution in [2.45, 2.75) is 51.0 Å². The Morgan fingerprint density at radius 3 is 2.30 bits per heavy atom. The molecule has 1 saturated carbocycles. The maximum Gasteiger partial charge on any atom is 0.308 e. The van der Waals surface area contributed by atoms with Gasteiger partial charge in [0, 0.05) is 32.1 Å². The van der Waals surface area contributed by atoms with Gasteiger partial charge in [-0.3, -0.25) is 14.4 Å². The van der Waals surface area contributed by atoms with Crippen molar-refractivity contribution in [3.63, 3.8) is 0 Å². The van der Waals surface area contributed by atoms with Crippen molar-refractivity contribution in [2.75, 3.05) is 26.7 Å². The zero-order valence-electron chi connectivity index (χ0n) is 13.8. The molecule has 6 nitrogen and oxygen atoms in total. The molecular formula is C17H26N2O4. The number of methoxy groups -OCH3 is 1. The molecule has 3 aliphatic rings. The summed E-state index contributed by atoms with van der Waals surface area (Å²) in [5, 5.41) is 0. The standard InChI is InChI=1S/C17H26N2O4/c1-23-17(22)12-6-8-18(9-7-12)16(21)13-10-15(20)19(11-13)14-4-2-3-5-14/h12-14H,2-11H2,1H3. The Morgan fingerprint density at radius 2 is 1.70 bits per heavy atom. The molecule has 0 spiro atoms. The molecule has 0 aromatic carbocycles. The maximum atomic E-state index is 12.7. The summed E-state index contributed by atoms with van der Waals surface area (Å²) in [5.74, 6) is -0.246. The summed E-state index contributed by atoms with van der Waals surface area (Å²) >= 11 is 0. The van der Waals surface area contributed by atoms with Crippen LogP contribution in [0.4, 0.5) is 0 Å². The molecule has 2 amide bonds. The third-order valence-electron chi connectivity index (χ3n) is 5.61. The van der Waals surface area contributed by atoms with Crippen LogP contribution in [0.5, 0.6) is 0 Å². The van der Waals surface area contributed by atoms with Crippen LogP contribution in [0.1, 0.15) is 44.9 Å². The predicted molar refractivity (Wildman–Crippen MR) is 83.4 cm³/mol. The Labute approximate surface area is 137 Å². The van der Waals surface area contributed by atoms with E-state index in [0.717, 1.165) is 12.8 Å². The zero-order chi connectivity index (χ0) is 16.4. The van der Waals surface area contributed by atoms with E-state index in [4.69, 9.17) is 4.74 Å². The van der Waals surface area contributed by atoms with Gasteiger partial charge in [0.2, 0.25) is 11.8 Å². The lowest BCUT2D eigenvalue weighted by atomic mass is 9.95. The summed E-state index contributed by atoms with van der Waals surface area (Å²) in [6, 6.07) is 0.352. The summed E-state index contributed by atoms with van der Waals surface area (Å²) < 4.78 is 4.78. The fraction of sp³-hybridized carbons (Fsp3) is 0.824. The first-order valence-corrected chi connectivity index (χ1v) is 8.76. The van der Waals surface area contributed by atoms with Gasteiger partial charge in [0.25, 0.3) is 0 Å². The molecule has 0 aromatic heterocycles. The van der Waals surface area contributed by atoms with E-state index < -0.39 is 0 Å². The SMILES string of the molecule is COC(=O)C1CCN(C(=O)C2CC(=O)N(C3CCCC3)C2)CC1. The van der Waals surface area contributed by atoms with Crippen LogP contribution in [-0.2, 0) is 19.1 Å². The molecule has 2 aliphatic heterocycles. The number of nitrogens with zero attached hydrogens (tertiary/aromatic N) is 2. The molecule has 2 saturated heterocycles. The number of likely N-dealkylation sites (tertiary alicyclic amines) is 2. The minimum absolute atomic E-state index is 0.0853. The number of ether oxygens (including phenoxy) is 1. The molecule has 0 bridgehead atoms. The largest absolute Gasteiger partial charge is 0.469 e. The average molecular weight is 322 g/mol. The van der Waals surface area contributed by atoms with Crippen molar-refractivity contribution in [1.82, 2.24) is 9.80 Å². The normalized spacial score (nSPS) is 26.8. The number of hydrogen-bond donors (Lipinski definition) is 0. The van der Waals surface area contributed by atoms with Crippen molar-refractivity contribution in [3.8, 4) is 0 Å². The van der Waals surface area contributed by atoms with Gasteiger partial charge in [-0.25, -0.2) is 0 Å². The van der Waals surface area contributed by atoms with Crippen LogP contribution in [-0.4, -0.2) is 60.4 Å². The molecule has 2 heterocycles. The second kappa shape index (κ2) is 6.89. The summed E-state index contributed by atoms with van der Waals surface area (Å²) in [6.07, 6.45) is 6.21. The van der Waals surface area contributed by atoms with Crippen LogP contribution in [0.15, 0.2) is 0 Å². The maximum absolute atomic E-state index is 12.7. The molecule has 0 aromatic rings. The van der Waals surface area contributed by atoms with Gasteiger partial charge in [-0.1, -0.05) is 12.8 Å². The van der Waals surface area contributed by atoms with Crippen LogP contribution in [0.3, 0.4) is 0 Å². The minimum Gasteiger partial charge on any atom is -0.469 e. The van der Waals surface area contributed by atoms with E-state index in [1.807, 2.05) is 9.80 Å². The third-order valence-corrected chi connectivity index (χ3v) is 5.61. The summed E-state index contributed by atoms with van der Waals surface area (Å²) in [7, 11) is 1.40. The Kier molecular flexibility index (Phi) is 4.87. The second-order valence-electron chi connectivity index (χ2n) is 7.01. The fourth-order valence-electron chi connectivity index (χ4n) is 4.23. The molecule has 1 unspecified atom stereocenters. The average Bonchev–Trinajstić information content (AvgIpc) is 3.23. The molecule has 0 N–H and O–H groups in total. The van der Waals surface area contributed by atoms with Gasteiger partial charge in [-0.15, -0.1) is 0 Å². The predicted octanol–water partition coefficient (Wildman–Crippen LogP) is 1.19. The molecule has 128 valence electrons. The highest BCUT2D eigenvalue weighted by Crippen LogP contribution is 2.31. The first kappa shape index (κ1) is 16.3. The Hall–Kier alpha value is -1.59. The minimum atomic E-state index is -0.197. The van der Waals surface area contributed by atoms with E-state index in [1.54, 1.807) is 0 Å². The smallest absolute Gasteiger partial charge is 0.308 e. The van der Waals surface area contributed by atoms with Crippen LogP contribution < -0.4 is 0 Å². The van der Waals surface area contributed by atoms with Crippen LogP contribution in [0.2, 0.25) is 0 Å². The molecular weight excluding hydrogens is 296 g/mol. The highest BCUT2D eigenvalue weighted by Gasteiger charge is 2.41. The number of carbonyl (C=O) groups is 3. The highest BCUT2D eigenvalue weighted by atomic mass is 16.5. The van der Waals surface area contributed by atoms with Gasteiger partial charge < -0.3 is 14.5 Å². The monoisotopic (exact) mass is 322 g/mol. The Bertz CT molecular complexity index is 479. The number of hydrogen-bond acceptors (Lipinski definition) is 4. The number of amides is 2. The molecule has 3 rings (SSSR count). The van der Waals surface area contributed by atoms with E-state index in [0.29, 0.717) is 44.9 Å². The van der Waals surface area contributed by atoms with E-state index in [1.165, 1.54) is 20.0 Å². The van der Waals surface area contributed by atoms with Gasteiger partial charge >= 0.3 is 5.97 Å². The van der Waals surface area contributed by atoms with Gasteiger partial charge in [-0.2, -0.15) is 0 Å². The van der Waals surface area contributed by atoms with Crippen molar-refractivity contribution in [2.24, 2.45) is 11.8 Å². The lowest BCUT2D eigenvalue weighted by molar-refractivity contribution is -0.149. The Balaban J connectivity index is 1.53. The number of piperidine rings is 1. The van der Waals surface area contributed by atoms with Crippen molar-refractivity contribution in [1.29, 1.82) is 0 Å². The number of rotatable bonds is 3. The first-order chi connectivity index (χ1) is 11.1. The van der Waals surface area contributed by atoms with E-state index in [-0.39, 0.29) is 29.6 Å². The molecule has 0 radical (unpaired) electrons. The van der Waals surface area contributed by atoms with E-state index >= 15 is 0 Å². The van der Waals surface area contributed by atoms with Gasteiger partial charge in [0.15, 0.2) is 0 Å². The third kappa shape index (κ3) is 3.35. The molecule has 3 fully saturated rings. The quantitative estimate of drug-likeness (QED) is 0.732. The van der Waals surface area contributed by atoms with Crippen molar-refractivity contribution >= 4 is 17.8 Å². The summed E-state index contributed by atoms with van der Waals surface area (Å²) in [4.78, 5) is 40.2. The van der Waals surface area contributed by atoms with E-state index in [2.05, 4.69) is 0 Å². The molecule has 1 atom stereocenters. The number of carbonyl (C=O) groups excluding carboxylic acids is 3. The van der Waals surface area contributed by atoms with Crippen LogP contribution >= 0.6 is 0 Å². The lowest BCUT2D eigenvalue weighted by Gasteiger charge is -2.32. The van der Waals surface area contributed by atoms with E-state index in [9.17, 15) is 14.4 Å². The van der Waals surface area contributed by atoms with Crippen molar-refractivity contribution < 1.29 is 19.1 Å². The van der Waals surface area contributed by atoms with Crippen LogP contribution in [0.25, 0.3) is 0 Å². The molecule has 23 heavy (non-hydrogen) atoms. The second-order valence-corrected chi connectivity index (χ2v) is 7.01. The van der Waals surface area contributed by atoms with Crippen LogP contribution in [0, 0.1) is 11.8 Å². The van der Waals surface area contributed by atoms with Gasteiger partial charge in [0.1, 0.15) is 0 Å². The number of esters is 1. The topological polar surface area (TPSA) is 66.9 Å². The first-order valence-electron chi connectivity index (χ1n) is 8.76. The van der Waals surface area contributed by atoms with Gasteiger partial charge in [0.05, 0.1) is 18.9 Å². The summed E-state index contributed by atoms with van der Waals surface area (Å²) in [6.45, 7) is 1.76. The summed E-state index contributed by atoms with van der Waals surface area (Å²) in [5.41, 5.74) is 0. The molecule has 6 heteroatoms.